The van der Waals surface area contributed by atoms with Gasteiger partial charge in [-0.15, -0.1) is 0 Å². The Bertz CT molecular complexity index is 950. The van der Waals surface area contributed by atoms with Crippen LogP contribution < -0.4 is 9.64 Å². The Hall–Kier alpha value is -2.64. The highest BCUT2D eigenvalue weighted by molar-refractivity contribution is 8.27. The van der Waals surface area contributed by atoms with Gasteiger partial charge in [-0.05, 0) is 30.3 Å². The summed E-state index contributed by atoms with van der Waals surface area (Å²) < 4.78 is 10.9. The second-order valence-corrected chi connectivity index (χ2v) is 6.94. The maximum atomic E-state index is 12.9. The molecule has 0 aromatic heterocycles. The lowest BCUT2D eigenvalue weighted by Crippen LogP contribution is -2.27. The van der Waals surface area contributed by atoms with Gasteiger partial charge in [-0.2, -0.15) is 0 Å². The van der Waals surface area contributed by atoms with Crippen molar-refractivity contribution in [2.24, 2.45) is 0 Å². The van der Waals surface area contributed by atoms with E-state index in [0.717, 1.165) is 11.8 Å². The molecule has 0 aliphatic carbocycles. The summed E-state index contributed by atoms with van der Waals surface area (Å²) in [5, 5.41) is 0. The number of hydrogen-bond acceptors (Lipinski definition) is 6. The second kappa shape index (κ2) is 6.02. The lowest BCUT2D eigenvalue weighted by molar-refractivity contribution is -0.113. The molecule has 0 bridgehead atoms. The highest BCUT2D eigenvalue weighted by Gasteiger charge is 2.40. The van der Waals surface area contributed by atoms with Crippen molar-refractivity contribution in [1.29, 1.82) is 0 Å². The van der Waals surface area contributed by atoms with E-state index in [9.17, 15) is 9.59 Å². The molecule has 5 nitrogen and oxygen atoms in total. The molecule has 2 heterocycles. The number of cyclic esters (lactones) is 1. The second-order valence-electron chi connectivity index (χ2n) is 5.30. The third-order valence-corrected chi connectivity index (χ3v) is 5.25. The average Bonchev–Trinajstić information content (AvgIpc) is 3.12. The third kappa shape index (κ3) is 2.52. The largest absolute Gasteiger partial charge is 0.497 e. The minimum Gasteiger partial charge on any atom is -0.497 e. The van der Waals surface area contributed by atoms with Gasteiger partial charge in [-0.25, -0.2) is 4.79 Å². The first-order valence-electron chi connectivity index (χ1n) is 7.36. The number of thioether (sulfide) groups is 1. The number of methoxy groups -OCH3 is 1. The molecule has 7 heteroatoms. The Morgan fingerprint density at radius 3 is 2.40 bits per heavy atom. The van der Waals surface area contributed by atoms with Gasteiger partial charge in [0.05, 0.1) is 18.4 Å². The number of nitrogens with zero attached hydrogens (tertiary/aromatic N) is 1. The molecular formula is C18H11NO4S2. The van der Waals surface area contributed by atoms with E-state index in [1.807, 2.05) is 0 Å². The Morgan fingerprint density at radius 1 is 1.04 bits per heavy atom. The predicted molar refractivity (Wildman–Crippen MR) is 99.4 cm³/mol. The molecule has 0 spiro atoms. The number of fused-ring (bicyclic) bond motifs is 1. The van der Waals surface area contributed by atoms with E-state index in [0.29, 0.717) is 31.8 Å². The quantitative estimate of drug-likeness (QED) is 0.458. The molecule has 1 saturated heterocycles. The van der Waals surface area contributed by atoms with Crippen LogP contribution in [0.25, 0.3) is 5.76 Å². The molecule has 2 aromatic rings. The number of ether oxygens (including phenoxy) is 2. The number of anilines is 1. The van der Waals surface area contributed by atoms with Crippen molar-refractivity contribution >= 4 is 51.6 Å². The van der Waals surface area contributed by atoms with Gasteiger partial charge in [0.15, 0.2) is 10.1 Å². The normalized spacial score (nSPS) is 19.2. The number of carbonyl (C=O) groups is 2. The molecule has 2 aliphatic rings. The molecule has 4 rings (SSSR count). The van der Waals surface area contributed by atoms with E-state index in [-0.39, 0.29) is 11.7 Å². The van der Waals surface area contributed by atoms with Crippen LogP contribution in [0.1, 0.15) is 15.9 Å². The summed E-state index contributed by atoms with van der Waals surface area (Å²) in [4.78, 5) is 26.7. The van der Waals surface area contributed by atoms with Gasteiger partial charge in [-0.3, -0.25) is 9.69 Å². The highest BCUT2D eigenvalue weighted by atomic mass is 32.2. The molecule has 0 saturated carbocycles. The Kier molecular flexibility index (Phi) is 3.82. The van der Waals surface area contributed by atoms with Crippen LogP contribution in [0, 0.1) is 0 Å². The zero-order chi connectivity index (χ0) is 17.6. The first-order chi connectivity index (χ1) is 12.1. The highest BCUT2D eigenvalue weighted by Crippen LogP contribution is 2.42. The summed E-state index contributed by atoms with van der Waals surface area (Å²) >= 11 is 6.49. The van der Waals surface area contributed by atoms with Gasteiger partial charge in [-0.1, -0.05) is 42.2 Å². The van der Waals surface area contributed by atoms with Gasteiger partial charge in [0.2, 0.25) is 0 Å². The maximum Gasteiger partial charge on any atom is 0.344 e. The van der Waals surface area contributed by atoms with Crippen molar-refractivity contribution in [2.45, 2.75) is 0 Å². The molecule has 0 unspecified atom stereocenters. The summed E-state index contributed by atoms with van der Waals surface area (Å²) in [6.45, 7) is 0. The lowest BCUT2D eigenvalue weighted by Gasteiger charge is -2.14. The summed E-state index contributed by atoms with van der Waals surface area (Å²) in [5.74, 6) is 0.195. The monoisotopic (exact) mass is 369 g/mol. The van der Waals surface area contributed by atoms with Gasteiger partial charge < -0.3 is 9.47 Å². The molecule has 124 valence electrons. The molecule has 1 amide bonds. The van der Waals surface area contributed by atoms with Crippen LogP contribution in [0.15, 0.2) is 53.4 Å². The van der Waals surface area contributed by atoms with Crippen molar-refractivity contribution in [1.82, 2.24) is 0 Å². The standard InChI is InChI=1S/C18H11NO4S2/c1-22-11-8-6-10(7-9-11)19-16(20)15(25-18(19)24)14-12-4-2-3-5-13(12)17(21)23-14/h2-9H,1H3/b15-14-. The lowest BCUT2D eigenvalue weighted by atomic mass is 10.1. The zero-order valence-corrected chi connectivity index (χ0v) is 14.6. The Labute approximate surface area is 153 Å². The molecule has 1 fully saturated rings. The maximum absolute atomic E-state index is 12.9. The van der Waals surface area contributed by atoms with Crippen LogP contribution in [-0.4, -0.2) is 23.3 Å². The molecule has 0 N–H and O–H groups in total. The van der Waals surface area contributed by atoms with Gasteiger partial charge in [0.1, 0.15) is 10.7 Å². The summed E-state index contributed by atoms with van der Waals surface area (Å²) in [7, 11) is 1.57. The fourth-order valence-electron chi connectivity index (χ4n) is 2.69. The van der Waals surface area contributed by atoms with Crippen LogP contribution in [0.5, 0.6) is 5.75 Å². The molecular weight excluding hydrogens is 358 g/mol. The van der Waals surface area contributed by atoms with E-state index < -0.39 is 5.97 Å². The van der Waals surface area contributed by atoms with E-state index in [1.165, 1.54) is 4.90 Å². The molecule has 2 aromatic carbocycles. The number of esters is 1. The number of benzene rings is 2. The molecule has 25 heavy (non-hydrogen) atoms. The van der Waals surface area contributed by atoms with Crippen LogP contribution in [0.2, 0.25) is 0 Å². The fourth-order valence-corrected chi connectivity index (χ4v) is 4.00. The SMILES string of the molecule is COc1ccc(N2C(=O)/C(=C3/OC(=O)c4ccccc43)SC2=S)cc1. The first kappa shape index (κ1) is 15.9. The smallest absolute Gasteiger partial charge is 0.344 e. The van der Waals surface area contributed by atoms with Crippen molar-refractivity contribution in [3.63, 3.8) is 0 Å². The first-order valence-corrected chi connectivity index (χ1v) is 8.59. The summed E-state index contributed by atoms with van der Waals surface area (Å²) in [6.07, 6.45) is 0. The van der Waals surface area contributed by atoms with Gasteiger partial charge >= 0.3 is 5.97 Å². The third-order valence-electron chi connectivity index (χ3n) is 3.89. The van der Waals surface area contributed by atoms with Crippen molar-refractivity contribution in [2.75, 3.05) is 12.0 Å². The van der Waals surface area contributed by atoms with E-state index in [2.05, 4.69) is 0 Å². The van der Waals surface area contributed by atoms with E-state index >= 15 is 0 Å². The average molecular weight is 369 g/mol. The van der Waals surface area contributed by atoms with Crippen molar-refractivity contribution in [3.8, 4) is 5.75 Å². The van der Waals surface area contributed by atoms with Crippen LogP contribution in [0.4, 0.5) is 5.69 Å². The summed E-state index contributed by atoms with van der Waals surface area (Å²) in [6, 6.07) is 14.0. The number of hydrogen-bond donors (Lipinski definition) is 0. The number of amides is 1. The predicted octanol–water partition coefficient (Wildman–Crippen LogP) is 3.60. The molecule has 0 atom stereocenters. The van der Waals surface area contributed by atoms with E-state index in [1.54, 1.807) is 55.6 Å². The topological polar surface area (TPSA) is 55.8 Å². The number of carbonyl (C=O) groups excluding carboxylic acids is 2. The summed E-state index contributed by atoms with van der Waals surface area (Å²) in [5.41, 5.74) is 1.70. The van der Waals surface area contributed by atoms with Crippen LogP contribution in [-0.2, 0) is 9.53 Å². The van der Waals surface area contributed by atoms with Crippen molar-refractivity contribution < 1.29 is 19.1 Å². The minimum absolute atomic E-state index is 0.272. The number of thiocarbonyl (C=S) groups is 1. The van der Waals surface area contributed by atoms with Crippen LogP contribution >= 0.6 is 24.0 Å². The molecule has 0 radical (unpaired) electrons. The number of rotatable bonds is 2. The van der Waals surface area contributed by atoms with Gasteiger partial charge in [0, 0.05) is 5.56 Å². The Balaban J connectivity index is 1.76. The molecule has 2 aliphatic heterocycles. The fraction of sp³-hybridized carbons (Fsp3) is 0.0556. The van der Waals surface area contributed by atoms with E-state index in [4.69, 9.17) is 21.7 Å². The minimum atomic E-state index is -0.458. The van der Waals surface area contributed by atoms with Crippen LogP contribution in [0.3, 0.4) is 0 Å². The van der Waals surface area contributed by atoms with Crippen molar-refractivity contribution in [3.05, 3.63) is 64.6 Å². The Morgan fingerprint density at radius 2 is 1.72 bits per heavy atom. The van der Waals surface area contributed by atoms with Gasteiger partial charge in [0.25, 0.3) is 5.91 Å². The zero-order valence-electron chi connectivity index (χ0n) is 13.0.